The third-order valence-corrected chi connectivity index (χ3v) is 5.33. The van der Waals surface area contributed by atoms with Crippen molar-refractivity contribution < 1.29 is 23.1 Å². The molecule has 2 heterocycles. The highest BCUT2D eigenvalue weighted by Crippen LogP contribution is 2.32. The van der Waals surface area contributed by atoms with E-state index >= 15 is 0 Å². The molecule has 0 aliphatic rings. The molecular formula is C22H19ClF2N4O3. The van der Waals surface area contributed by atoms with Gasteiger partial charge >= 0.3 is 0 Å². The molecule has 2 unspecified atom stereocenters. The first-order valence-corrected chi connectivity index (χ1v) is 10.1. The lowest BCUT2D eigenvalue weighted by atomic mass is 9.88. The van der Waals surface area contributed by atoms with Gasteiger partial charge in [0.2, 0.25) is 0 Å². The first-order chi connectivity index (χ1) is 15.3. The van der Waals surface area contributed by atoms with Gasteiger partial charge in [0.1, 0.15) is 42.2 Å². The number of aliphatic hydroxyl groups is 1. The van der Waals surface area contributed by atoms with E-state index in [1.807, 2.05) is 6.07 Å². The van der Waals surface area contributed by atoms with E-state index < -0.39 is 23.3 Å². The van der Waals surface area contributed by atoms with E-state index in [-0.39, 0.29) is 18.7 Å². The summed E-state index contributed by atoms with van der Waals surface area (Å²) in [5, 5.41) is 20.0. The van der Waals surface area contributed by atoms with Gasteiger partial charge in [0.15, 0.2) is 5.76 Å². The highest BCUT2D eigenvalue weighted by Gasteiger charge is 2.40. The Balaban J connectivity index is 1.55. The van der Waals surface area contributed by atoms with Crippen LogP contribution in [0.3, 0.4) is 0 Å². The smallest absolute Gasteiger partial charge is 0.163 e. The fourth-order valence-corrected chi connectivity index (χ4v) is 3.53. The van der Waals surface area contributed by atoms with Gasteiger partial charge in [-0.05, 0) is 25.1 Å². The highest BCUT2D eigenvalue weighted by molar-refractivity contribution is 6.30. The third-order valence-electron chi connectivity index (χ3n) is 5.09. The van der Waals surface area contributed by atoms with Crippen molar-refractivity contribution in [3.05, 3.63) is 89.2 Å². The number of rotatable bonds is 8. The van der Waals surface area contributed by atoms with Gasteiger partial charge in [0.05, 0.1) is 12.6 Å². The molecule has 166 valence electrons. The molecule has 0 spiro atoms. The number of aromatic nitrogens is 4. The molecular weight excluding hydrogens is 442 g/mol. The van der Waals surface area contributed by atoms with Gasteiger partial charge in [0.25, 0.3) is 0 Å². The van der Waals surface area contributed by atoms with Gasteiger partial charge in [-0.15, -0.1) is 0 Å². The third kappa shape index (κ3) is 4.69. The van der Waals surface area contributed by atoms with Crippen molar-refractivity contribution in [3.8, 4) is 11.3 Å². The molecule has 10 heteroatoms. The summed E-state index contributed by atoms with van der Waals surface area (Å²) in [7, 11) is 0. The van der Waals surface area contributed by atoms with Crippen LogP contribution in [0, 0.1) is 11.6 Å². The molecule has 32 heavy (non-hydrogen) atoms. The molecule has 0 aliphatic carbocycles. The molecule has 0 bridgehead atoms. The van der Waals surface area contributed by atoms with E-state index in [0.29, 0.717) is 22.5 Å². The Bertz CT molecular complexity index is 1200. The molecule has 0 saturated heterocycles. The van der Waals surface area contributed by atoms with Gasteiger partial charge in [0, 0.05) is 28.3 Å². The summed E-state index contributed by atoms with van der Waals surface area (Å²) >= 11 is 6.02. The minimum atomic E-state index is -1.87. The minimum Gasteiger partial charge on any atom is -0.380 e. The topological polar surface area (TPSA) is 86.2 Å². The Hall–Kier alpha value is -3.14. The van der Waals surface area contributed by atoms with Gasteiger partial charge < -0.3 is 14.4 Å². The maximum Gasteiger partial charge on any atom is 0.163 e. The molecule has 2 aromatic heterocycles. The largest absolute Gasteiger partial charge is 0.380 e. The van der Waals surface area contributed by atoms with Crippen molar-refractivity contribution in [2.24, 2.45) is 0 Å². The number of hydrogen-bond donors (Lipinski definition) is 1. The molecule has 2 aromatic carbocycles. The molecule has 0 fully saturated rings. The molecule has 0 saturated carbocycles. The molecule has 0 amide bonds. The Morgan fingerprint density at radius 2 is 2.06 bits per heavy atom. The maximum atomic E-state index is 14.6. The fourth-order valence-electron chi connectivity index (χ4n) is 3.34. The zero-order chi connectivity index (χ0) is 22.7. The summed E-state index contributed by atoms with van der Waals surface area (Å²) < 4.78 is 40.5. The van der Waals surface area contributed by atoms with E-state index in [4.69, 9.17) is 20.9 Å². The number of halogens is 3. The maximum absolute atomic E-state index is 14.6. The van der Waals surface area contributed by atoms with Gasteiger partial charge in [-0.3, -0.25) is 0 Å². The zero-order valence-electron chi connectivity index (χ0n) is 17.0. The second-order valence-electron chi connectivity index (χ2n) is 7.28. The van der Waals surface area contributed by atoms with Crippen molar-refractivity contribution in [2.45, 2.75) is 31.8 Å². The molecule has 2 atom stereocenters. The van der Waals surface area contributed by atoms with Crippen molar-refractivity contribution in [1.82, 2.24) is 19.9 Å². The zero-order valence-corrected chi connectivity index (χ0v) is 17.7. The average Bonchev–Trinajstić information content (AvgIpc) is 3.44. The summed E-state index contributed by atoms with van der Waals surface area (Å²) in [4.78, 5) is 3.84. The minimum absolute atomic E-state index is 0.0444. The van der Waals surface area contributed by atoms with Crippen LogP contribution in [0.15, 0.2) is 65.7 Å². The SMILES string of the molecule is CC(OCc1cc(-c2cccc(Cl)c2)no1)C(O)(Cn1cncn1)c1ccc(F)cc1F. The van der Waals surface area contributed by atoms with Crippen molar-refractivity contribution >= 4 is 11.6 Å². The Kier molecular flexibility index (Phi) is 6.31. The van der Waals surface area contributed by atoms with E-state index in [0.717, 1.165) is 11.6 Å². The van der Waals surface area contributed by atoms with Crippen LogP contribution in [0.5, 0.6) is 0 Å². The number of hydrogen-bond acceptors (Lipinski definition) is 6. The number of ether oxygens (including phenoxy) is 1. The Morgan fingerprint density at radius 1 is 1.22 bits per heavy atom. The van der Waals surface area contributed by atoms with Gasteiger partial charge in [-0.1, -0.05) is 35.0 Å². The lowest BCUT2D eigenvalue weighted by Crippen LogP contribution is -2.44. The monoisotopic (exact) mass is 460 g/mol. The number of benzene rings is 2. The summed E-state index contributed by atoms with van der Waals surface area (Å²) in [5.74, 6) is -1.25. The Morgan fingerprint density at radius 3 is 2.78 bits per heavy atom. The average molecular weight is 461 g/mol. The van der Waals surface area contributed by atoms with Crippen molar-refractivity contribution in [2.75, 3.05) is 0 Å². The van der Waals surface area contributed by atoms with Crippen LogP contribution < -0.4 is 0 Å². The standard InChI is InChI=1S/C22H19ClF2N4O3/c1-14(31-10-18-9-21(28-32-18)15-3-2-4-16(23)7-15)22(30,11-29-13-26-12-27-29)19-6-5-17(24)8-20(19)25/h2-9,12-14,30H,10-11H2,1H3. The number of nitrogens with zero attached hydrogens (tertiary/aromatic N) is 4. The highest BCUT2D eigenvalue weighted by atomic mass is 35.5. The summed E-state index contributed by atoms with van der Waals surface area (Å²) in [6, 6.07) is 11.8. The lowest BCUT2D eigenvalue weighted by molar-refractivity contribution is -0.126. The summed E-state index contributed by atoms with van der Waals surface area (Å²) in [6.07, 6.45) is 1.73. The van der Waals surface area contributed by atoms with Crippen LogP contribution in [-0.4, -0.2) is 31.1 Å². The fraction of sp³-hybridized carbons (Fsp3) is 0.227. The first kappa shape index (κ1) is 22.1. The molecule has 7 nitrogen and oxygen atoms in total. The van der Waals surface area contributed by atoms with E-state index in [1.165, 1.54) is 23.4 Å². The quantitative estimate of drug-likeness (QED) is 0.420. The van der Waals surface area contributed by atoms with Gasteiger partial charge in [-0.2, -0.15) is 5.10 Å². The van der Waals surface area contributed by atoms with E-state index in [9.17, 15) is 13.9 Å². The van der Waals surface area contributed by atoms with Crippen LogP contribution in [0.2, 0.25) is 5.02 Å². The summed E-state index contributed by atoms with van der Waals surface area (Å²) in [5.41, 5.74) is -0.654. The van der Waals surface area contributed by atoms with Crippen LogP contribution in [0.1, 0.15) is 18.2 Å². The van der Waals surface area contributed by atoms with Crippen molar-refractivity contribution in [3.63, 3.8) is 0 Å². The Labute approximate surface area is 187 Å². The van der Waals surface area contributed by atoms with Crippen LogP contribution >= 0.6 is 11.6 Å². The lowest BCUT2D eigenvalue weighted by Gasteiger charge is -2.34. The predicted octanol–water partition coefficient (Wildman–Crippen LogP) is 4.36. The van der Waals surface area contributed by atoms with Crippen LogP contribution in [-0.2, 0) is 23.5 Å². The summed E-state index contributed by atoms with van der Waals surface area (Å²) in [6.45, 7) is 1.37. The normalized spacial score (nSPS) is 14.3. The molecule has 4 aromatic rings. The molecule has 0 aliphatic heterocycles. The van der Waals surface area contributed by atoms with Crippen LogP contribution in [0.4, 0.5) is 8.78 Å². The first-order valence-electron chi connectivity index (χ1n) is 9.68. The second-order valence-corrected chi connectivity index (χ2v) is 7.72. The van der Waals surface area contributed by atoms with Crippen LogP contribution in [0.25, 0.3) is 11.3 Å². The van der Waals surface area contributed by atoms with E-state index in [2.05, 4.69) is 15.2 Å². The van der Waals surface area contributed by atoms with Crippen molar-refractivity contribution in [1.29, 1.82) is 0 Å². The van der Waals surface area contributed by atoms with Gasteiger partial charge in [-0.25, -0.2) is 18.4 Å². The molecule has 1 N–H and O–H groups in total. The second kappa shape index (κ2) is 9.15. The molecule has 4 rings (SSSR count). The molecule has 0 radical (unpaired) electrons. The van der Waals surface area contributed by atoms with E-state index in [1.54, 1.807) is 31.2 Å². The predicted molar refractivity (Wildman–Crippen MR) is 111 cm³/mol.